The Morgan fingerprint density at radius 1 is 1.55 bits per heavy atom. The van der Waals surface area contributed by atoms with Crippen molar-refractivity contribution in [3.05, 3.63) is 32.6 Å². The van der Waals surface area contributed by atoms with Crippen molar-refractivity contribution in [1.29, 1.82) is 0 Å². The number of ether oxygens (including phenoxy) is 2. The summed E-state index contributed by atoms with van der Waals surface area (Å²) in [5, 5.41) is 9.36. The lowest BCUT2D eigenvalue weighted by Gasteiger charge is -2.19. The van der Waals surface area contributed by atoms with Gasteiger partial charge in [0.2, 0.25) is 0 Å². The number of hydrogen-bond donors (Lipinski definition) is 2. The van der Waals surface area contributed by atoms with Crippen molar-refractivity contribution in [3.63, 3.8) is 0 Å². The Bertz CT molecular complexity index is 669. The molecular formula is C13H17BrN2O6. The number of H-pyrrole nitrogens is 1. The number of alkyl halides is 1. The van der Waals surface area contributed by atoms with Crippen molar-refractivity contribution in [2.24, 2.45) is 0 Å². The van der Waals surface area contributed by atoms with Crippen molar-refractivity contribution in [2.75, 3.05) is 6.61 Å². The Morgan fingerprint density at radius 3 is 2.77 bits per heavy atom. The third-order valence-corrected chi connectivity index (χ3v) is 4.42. The predicted octanol–water partition coefficient (Wildman–Crippen LogP) is -0.316. The minimum absolute atomic E-state index is 0.366. The molecule has 0 unspecified atom stereocenters. The molecule has 1 saturated heterocycles. The quantitative estimate of drug-likeness (QED) is 0.550. The van der Waals surface area contributed by atoms with E-state index in [0.717, 1.165) is 0 Å². The van der Waals surface area contributed by atoms with Gasteiger partial charge in [-0.1, -0.05) is 22.9 Å². The van der Waals surface area contributed by atoms with Crippen LogP contribution >= 0.6 is 15.9 Å². The van der Waals surface area contributed by atoms with Crippen LogP contribution in [0.3, 0.4) is 0 Å². The number of aromatic nitrogens is 2. The standard InChI is InChI=1S/C13H17BrN2O6/c1-3-7-4-16(13(20)15-11(7)19)12-9(14)10(21-6(2)18)8(5-17)22-12/h4,8-10,12,17H,3,5H2,1-2H3,(H,15,19,20)/t8-,9-,10-,12-/m1/s1. The first-order valence-electron chi connectivity index (χ1n) is 6.81. The second-order valence-corrected chi connectivity index (χ2v) is 6.00. The third-order valence-electron chi connectivity index (χ3n) is 3.45. The van der Waals surface area contributed by atoms with Gasteiger partial charge in [-0.15, -0.1) is 0 Å². The molecule has 4 atom stereocenters. The second-order valence-electron chi connectivity index (χ2n) is 4.94. The molecule has 1 aromatic rings. The van der Waals surface area contributed by atoms with Gasteiger partial charge in [-0.25, -0.2) is 4.79 Å². The largest absolute Gasteiger partial charge is 0.458 e. The SMILES string of the molecule is CCc1cn([C@@H]2O[C@H](CO)[C@@H](OC(C)=O)[C@H]2Br)c(=O)[nH]c1=O. The topological polar surface area (TPSA) is 111 Å². The molecule has 1 aliphatic rings. The molecule has 9 heteroatoms. The molecule has 0 spiro atoms. The highest BCUT2D eigenvalue weighted by Crippen LogP contribution is 2.35. The molecule has 8 nitrogen and oxygen atoms in total. The lowest BCUT2D eigenvalue weighted by Crippen LogP contribution is -2.37. The number of aliphatic hydroxyl groups excluding tert-OH is 1. The maximum absolute atomic E-state index is 12.0. The Balaban J connectivity index is 2.39. The van der Waals surface area contributed by atoms with Crippen LogP contribution in [0.25, 0.3) is 0 Å². The van der Waals surface area contributed by atoms with E-state index in [1.54, 1.807) is 6.92 Å². The highest BCUT2D eigenvalue weighted by molar-refractivity contribution is 9.09. The molecule has 1 aromatic heterocycles. The van der Waals surface area contributed by atoms with Crippen LogP contribution in [0.4, 0.5) is 0 Å². The van der Waals surface area contributed by atoms with Crippen molar-refractivity contribution >= 4 is 21.9 Å². The number of hydrogen-bond acceptors (Lipinski definition) is 6. The fourth-order valence-electron chi connectivity index (χ4n) is 2.37. The molecule has 22 heavy (non-hydrogen) atoms. The number of carbonyl (C=O) groups excluding carboxylic acids is 1. The molecule has 0 amide bonds. The summed E-state index contributed by atoms with van der Waals surface area (Å²) < 4.78 is 12.0. The molecule has 2 heterocycles. The lowest BCUT2D eigenvalue weighted by molar-refractivity contribution is -0.150. The minimum Gasteiger partial charge on any atom is -0.458 e. The highest BCUT2D eigenvalue weighted by atomic mass is 79.9. The van der Waals surface area contributed by atoms with E-state index in [-0.39, 0.29) is 6.61 Å². The Hall–Kier alpha value is -1.45. The molecule has 1 aliphatic heterocycles. The van der Waals surface area contributed by atoms with Gasteiger partial charge in [0.15, 0.2) is 6.23 Å². The van der Waals surface area contributed by atoms with Gasteiger partial charge in [0, 0.05) is 18.7 Å². The zero-order chi connectivity index (χ0) is 16.4. The van der Waals surface area contributed by atoms with Crippen molar-refractivity contribution < 1.29 is 19.4 Å². The van der Waals surface area contributed by atoms with E-state index in [1.807, 2.05) is 0 Å². The van der Waals surface area contributed by atoms with E-state index < -0.39 is 40.5 Å². The first-order chi connectivity index (χ1) is 10.4. The summed E-state index contributed by atoms with van der Waals surface area (Å²) >= 11 is 3.35. The van der Waals surface area contributed by atoms with Gasteiger partial charge in [0.25, 0.3) is 5.56 Å². The van der Waals surface area contributed by atoms with Gasteiger partial charge >= 0.3 is 11.7 Å². The van der Waals surface area contributed by atoms with Crippen LogP contribution in [-0.2, 0) is 20.7 Å². The smallest absolute Gasteiger partial charge is 0.330 e. The summed E-state index contributed by atoms with van der Waals surface area (Å²) in [7, 11) is 0. The van der Waals surface area contributed by atoms with Crippen molar-refractivity contribution in [3.8, 4) is 0 Å². The number of nitrogens with zero attached hydrogens (tertiary/aromatic N) is 1. The summed E-state index contributed by atoms with van der Waals surface area (Å²) in [6.07, 6.45) is -0.439. The molecule has 1 fully saturated rings. The fraction of sp³-hybridized carbons (Fsp3) is 0.615. The highest BCUT2D eigenvalue weighted by Gasteiger charge is 2.46. The van der Waals surface area contributed by atoms with Crippen molar-refractivity contribution in [1.82, 2.24) is 9.55 Å². The van der Waals surface area contributed by atoms with Gasteiger partial charge in [0.1, 0.15) is 12.2 Å². The summed E-state index contributed by atoms with van der Waals surface area (Å²) in [5.41, 5.74) is -0.640. The number of aromatic amines is 1. The molecule has 0 radical (unpaired) electrons. The maximum atomic E-state index is 12.0. The normalized spacial score (nSPS) is 27.8. The van der Waals surface area contributed by atoms with Crippen LogP contribution in [0.5, 0.6) is 0 Å². The molecular weight excluding hydrogens is 360 g/mol. The Morgan fingerprint density at radius 2 is 2.23 bits per heavy atom. The molecule has 122 valence electrons. The van der Waals surface area contributed by atoms with E-state index >= 15 is 0 Å². The minimum atomic E-state index is -0.809. The zero-order valence-electron chi connectivity index (χ0n) is 12.1. The third kappa shape index (κ3) is 3.16. The van der Waals surface area contributed by atoms with Gasteiger partial charge in [-0.2, -0.15) is 0 Å². The number of esters is 1. The number of rotatable bonds is 4. The first-order valence-corrected chi connectivity index (χ1v) is 7.72. The molecule has 0 saturated carbocycles. The lowest BCUT2D eigenvalue weighted by atomic mass is 10.2. The van der Waals surface area contributed by atoms with E-state index in [4.69, 9.17) is 9.47 Å². The summed E-state index contributed by atoms with van der Waals surface area (Å²) in [6.45, 7) is 2.68. The molecule has 0 bridgehead atoms. The molecule has 0 aromatic carbocycles. The van der Waals surface area contributed by atoms with Crippen LogP contribution in [0, 0.1) is 0 Å². The number of halogens is 1. The van der Waals surface area contributed by atoms with Crippen LogP contribution in [-0.4, -0.2) is 44.3 Å². The Labute approximate surface area is 134 Å². The average Bonchev–Trinajstić information content (AvgIpc) is 2.76. The number of aryl methyl sites for hydroxylation is 1. The van der Waals surface area contributed by atoms with E-state index in [0.29, 0.717) is 12.0 Å². The van der Waals surface area contributed by atoms with Gasteiger partial charge < -0.3 is 14.6 Å². The van der Waals surface area contributed by atoms with Crippen LogP contribution in [0.1, 0.15) is 25.6 Å². The monoisotopic (exact) mass is 376 g/mol. The Kier molecular flexibility index (Phi) is 5.20. The van der Waals surface area contributed by atoms with Crippen molar-refractivity contribution in [2.45, 2.75) is 43.5 Å². The van der Waals surface area contributed by atoms with Gasteiger partial charge in [0.05, 0.1) is 11.4 Å². The van der Waals surface area contributed by atoms with Gasteiger partial charge in [-0.3, -0.25) is 19.1 Å². The first kappa shape index (κ1) is 16.9. The summed E-state index contributed by atoms with van der Waals surface area (Å²) in [4.78, 5) is 36.5. The summed E-state index contributed by atoms with van der Waals surface area (Å²) in [6, 6.07) is 0. The number of aliphatic hydroxyl groups is 1. The number of nitrogens with one attached hydrogen (secondary N) is 1. The maximum Gasteiger partial charge on any atom is 0.330 e. The van der Waals surface area contributed by atoms with E-state index in [2.05, 4.69) is 20.9 Å². The second kappa shape index (κ2) is 6.76. The van der Waals surface area contributed by atoms with Gasteiger partial charge in [-0.05, 0) is 6.42 Å². The fourth-order valence-corrected chi connectivity index (χ4v) is 3.19. The predicted molar refractivity (Wildman–Crippen MR) is 80.0 cm³/mol. The van der Waals surface area contributed by atoms with Crippen LogP contribution in [0.15, 0.2) is 15.8 Å². The molecule has 2 rings (SSSR count). The van der Waals surface area contributed by atoms with E-state index in [9.17, 15) is 19.5 Å². The zero-order valence-corrected chi connectivity index (χ0v) is 13.7. The average molecular weight is 377 g/mol. The van der Waals surface area contributed by atoms with Crippen LogP contribution in [0.2, 0.25) is 0 Å². The van der Waals surface area contributed by atoms with E-state index in [1.165, 1.54) is 17.7 Å². The van der Waals surface area contributed by atoms with Crippen LogP contribution < -0.4 is 11.2 Å². The molecule has 0 aliphatic carbocycles. The number of carbonyl (C=O) groups is 1. The summed E-state index contributed by atoms with van der Waals surface area (Å²) in [5.74, 6) is -0.514. The molecule has 2 N–H and O–H groups in total.